The van der Waals surface area contributed by atoms with E-state index in [-0.39, 0.29) is 6.03 Å². The van der Waals surface area contributed by atoms with Crippen molar-refractivity contribution in [3.8, 4) is 0 Å². The third kappa shape index (κ3) is 4.63. The van der Waals surface area contributed by atoms with E-state index in [9.17, 15) is 4.79 Å². The Morgan fingerprint density at radius 2 is 2.12 bits per heavy atom. The van der Waals surface area contributed by atoms with Crippen LogP contribution in [0.4, 0.5) is 4.79 Å². The molecule has 16 heavy (non-hydrogen) atoms. The van der Waals surface area contributed by atoms with Crippen LogP contribution in [-0.2, 0) is 6.54 Å². The molecule has 90 valence electrons. The number of nitrogens with zero attached hydrogens (tertiary/aromatic N) is 1. The Labute approximate surface area is 101 Å². The zero-order chi connectivity index (χ0) is 12.0. The van der Waals surface area contributed by atoms with Crippen molar-refractivity contribution in [3.05, 3.63) is 21.9 Å². The van der Waals surface area contributed by atoms with Crippen molar-refractivity contribution in [3.63, 3.8) is 0 Å². The highest BCUT2D eigenvalue weighted by molar-refractivity contribution is 7.11. The molecule has 0 aromatic carbocycles. The summed E-state index contributed by atoms with van der Waals surface area (Å²) >= 11 is 1.80. The topological polar surface area (TPSA) is 44.4 Å². The van der Waals surface area contributed by atoms with Crippen LogP contribution in [0.25, 0.3) is 0 Å². The summed E-state index contributed by atoms with van der Waals surface area (Å²) < 4.78 is 0. The highest BCUT2D eigenvalue weighted by atomic mass is 32.1. The van der Waals surface area contributed by atoms with Gasteiger partial charge in [-0.05, 0) is 19.1 Å². The Bertz CT molecular complexity index is 336. The monoisotopic (exact) mass is 241 g/mol. The van der Waals surface area contributed by atoms with Crippen molar-refractivity contribution in [1.29, 1.82) is 0 Å². The summed E-state index contributed by atoms with van der Waals surface area (Å²) in [6.45, 7) is 4.42. The van der Waals surface area contributed by atoms with Crippen LogP contribution in [0.15, 0.2) is 12.1 Å². The van der Waals surface area contributed by atoms with Crippen LogP contribution in [0.5, 0.6) is 0 Å². The molecule has 0 radical (unpaired) electrons. The van der Waals surface area contributed by atoms with Gasteiger partial charge >= 0.3 is 6.03 Å². The van der Waals surface area contributed by atoms with Crippen molar-refractivity contribution in [2.75, 3.05) is 27.2 Å². The van der Waals surface area contributed by atoms with E-state index in [1.165, 1.54) is 14.7 Å². The molecule has 1 aromatic rings. The first kappa shape index (κ1) is 13.0. The van der Waals surface area contributed by atoms with Gasteiger partial charge in [-0.1, -0.05) is 0 Å². The number of rotatable bonds is 5. The molecule has 0 fully saturated rings. The van der Waals surface area contributed by atoms with E-state index in [2.05, 4.69) is 29.7 Å². The average molecular weight is 241 g/mol. The van der Waals surface area contributed by atoms with E-state index in [0.29, 0.717) is 6.54 Å². The SMILES string of the molecule is Cc1ccc(CNCCNC(=O)N(C)C)s1. The van der Waals surface area contributed by atoms with Crippen molar-refractivity contribution in [1.82, 2.24) is 15.5 Å². The van der Waals surface area contributed by atoms with Gasteiger partial charge in [-0.2, -0.15) is 0 Å². The molecule has 0 saturated heterocycles. The second kappa shape index (κ2) is 6.50. The standard InChI is InChI=1S/C11H19N3OS/c1-9-4-5-10(16-9)8-12-6-7-13-11(15)14(2)3/h4-5,12H,6-8H2,1-3H3,(H,13,15). The highest BCUT2D eigenvalue weighted by Gasteiger charge is 2.00. The summed E-state index contributed by atoms with van der Waals surface area (Å²) in [7, 11) is 3.47. The molecular formula is C11H19N3OS. The second-order valence-corrected chi connectivity index (χ2v) is 5.19. The summed E-state index contributed by atoms with van der Waals surface area (Å²) in [6, 6.07) is 4.20. The molecule has 0 atom stereocenters. The van der Waals surface area contributed by atoms with Gasteiger partial charge < -0.3 is 15.5 Å². The third-order valence-electron chi connectivity index (χ3n) is 2.08. The summed E-state index contributed by atoms with van der Waals surface area (Å²) in [4.78, 5) is 15.4. The van der Waals surface area contributed by atoms with E-state index in [1.807, 2.05) is 0 Å². The maximum Gasteiger partial charge on any atom is 0.316 e. The molecule has 2 N–H and O–H groups in total. The van der Waals surface area contributed by atoms with Crippen LogP contribution in [0.3, 0.4) is 0 Å². The Kier molecular flexibility index (Phi) is 5.28. The molecule has 0 saturated carbocycles. The van der Waals surface area contributed by atoms with Crippen LogP contribution in [0, 0.1) is 6.92 Å². The minimum atomic E-state index is -0.0474. The van der Waals surface area contributed by atoms with Crippen molar-refractivity contribution in [2.24, 2.45) is 0 Å². The van der Waals surface area contributed by atoms with Crippen LogP contribution < -0.4 is 10.6 Å². The Hall–Kier alpha value is -1.07. The van der Waals surface area contributed by atoms with E-state index in [0.717, 1.165) is 13.1 Å². The molecule has 0 aliphatic heterocycles. The predicted molar refractivity (Wildman–Crippen MR) is 67.8 cm³/mol. The number of carbonyl (C=O) groups is 1. The normalized spacial score (nSPS) is 10.2. The number of amides is 2. The number of hydrogen-bond donors (Lipinski definition) is 2. The van der Waals surface area contributed by atoms with Gasteiger partial charge in [0.1, 0.15) is 0 Å². The Balaban J connectivity index is 2.06. The fourth-order valence-electron chi connectivity index (χ4n) is 1.21. The molecule has 1 rings (SSSR count). The number of thiophene rings is 1. The van der Waals surface area contributed by atoms with Gasteiger partial charge in [0.25, 0.3) is 0 Å². The smallest absolute Gasteiger partial charge is 0.316 e. The van der Waals surface area contributed by atoms with Gasteiger partial charge in [0.2, 0.25) is 0 Å². The van der Waals surface area contributed by atoms with Crippen LogP contribution in [-0.4, -0.2) is 38.1 Å². The van der Waals surface area contributed by atoms with Gasteiger partial charge in [0, 0.05) is 43.5 Å². The molecule has 1 heterocycles. The summed E-state index contributed by atoms with van der Waals surface area (Å²) in [5.41, 5.74) is 0. The number of urea groups is 1. The van der Waals surface area contributed by atoms with Crippen molar-refractivity contribution in [2.45, 2.75) is 13.5 Å². The molecule has 4 nitrogen and oxygen atoms in total. The maximum atomic E-state index is 11.2. The Morgan fingerprint density at radius 1 is 1.38 bits per heavy atom. The van der Waals surface area contributed by atoms with Crippen LogP contribution in [0.2, 0.25) is 0 Å². The minimum Gasteiger partial charge on any atom is -0.337 e. The first-order chi connectivity index (χ1) is 7.59. The highest BCUT2D eigenvalue weighted by Crippen LogP contribution is 2.14. The maximum absolute atomic E-state index is 11.2. The van der Waals surface area contributed by atoms with Gasteiger partial charge in [-0.15, -0.1) is 11.3 Å². The van der Waals surface area contributed by atoms with E-state index < -0.39 is 0 Å². The summed E-state index contributed by atoms with van der Waals surface area (Å²) in [6.07, 6.45) is 0. The van der Waals surface area contributed by atoms with Crippen molar-refractivity contribution < 1.29 is 4.79 Å². The van der Waals surface area contributed by atoms with Gasteiger partial charge in [0.15, 0.2) is 0 Å². The molecule has 0 aliphatic rings. The molecule has 0 aliphatic carbocycles. The molecule has 1 aromatic heterocycles. The van der Waals surface area contributed by atoms with Crippen molar-refractivity contribution >= 4 is 17.4 Å². The molecular weight excluding hydrogens is 222 g/mol. The average Bonchev–Trinajstić information content (AvgIpc) is 2.63. The zero-order valence-electron chi connectivity index (χ0n) is 10.0. The predicted octanol–water partition coefficient (Wildman–Crippen LogP) is 1.42. The fraction of sp³-hybridized carbons (Fsp3) is 0.545. The lowest BCUT2D eigenvalue weighted by atomic mass is 10.4. The lowest BCUT2D eigenvalue weighted by Crippen LogP contribution is -2.38. The summed E-state index contributed by atoms with van der Waals surface area (Å²) in [5.74, 6) is 0. The molecule has 5 heteroatoms. The molecule has 0 spiro atoms. The fourth-order valence-corrected chi connectivity index (χ4v) is 2.07. The van der Waals surface area contributed by atoms with Gasteiger partial charge in [-0.3, -0.25) is 0 Å². The summed E-state index contributed by atoms with van der Waals surface area (Å²) in [5, 5.41) is 6.09. The number of hydrogen-bond acceptors (Lipinski definition) is 3. The van der Waals surface area contributed by atoms with Crippen LogP contribution in [0.1, 0.15) is 9.75 Å². The lowest BCUT2D eigenvalue weighted by molar-refractivity contribution is 0.217. The second-order valence-electron chi connectivity index (χ2n) is 3.82. The number of nitrogens with one attached hydrogen (secondary N) is 2. The molecule has 0 unspecified atom stereocenters. The van der Waals surface area contributed by atoms with Gasteiger partial charge in [0.05, 0.1) is 0 Å². The molecule has 0 bridgehead atoms. The minimum absolute atomic E-state index is 0.0474. The quantitative estimate of drug-likeness (QED) is 0.766. The van der Waals surface area contributed by atoms with E-state index in [1.54, 1.807) is 25.4 Å². The third-order valence-corrected chi connectivity index (χ3v) is 3.08. The van der Waals surface area contributed by atoms with Gasteiger partial charge in [-0.25, -0.2) is 4.79 Å². The zero-order valence-corrected chi connectivity index (χ0v) is 10.9. The van der Waals surface area contributed by atoms with E-state index >= 15 is 0 Å². The molecule has 2 amide bonds. The first-order valence-electron chi connectivity index (χ1n) is 5.31. The lowest BCUT2D eigenvalue weighted by Gasteiger charge is -2.11. The first-order valence-corrected chi connectivity index (χ1v) is 6.12. The number of carbonyl (C=O) groups excluding carboxylic acids is 1. The Morgan fingerprint density at radius 3 is 2.69 bits per heavy atom. The van der Waals surface area contributed by atoms with E-state index in [4.69, 9.17) is 0 Å². The largest absolute Gasteiger partial charge is 0.337 e. The number of aryl methyl sites for hydroxylation is 1. The van der Waals surface area contributed by atoms with Crippen LogP contribution >= 0.6 is 11.3 Å².